The van der Waals surface area contributed by atoms with E-state index in [4.69, 9.17) is 16.3 Å². The monoisotopic (exact) mass is 293 g/mol. The van der Waals surface area contributed by atoms with Crippen LogP contribution in [0.1, 0.15) is 30.8 Å². The lowest BCUT2D eigenvalue weighted by atomic mass is 10.1. The van der Waals surface area contributed by atoms with Crippen molar-refractivity contribution in [2.75, 3.05) is 6.61 Å². The molecule has 0 bridgehead atoms. The molecule has 1 aromatic heterocycles. The minimum Gasteiger partial charge on any atom is -0.461 e. The molecule has 1 heterocycles. The summed E-state index contributed by atoms with van der Waals surface area (Å²) in [4.78, 5) is 12.0. The van der Waals surface area contributed by atoms with Crippen molar-refractivity contribution in [3.05, 3.63) is 35.0 Å². The maximum Gasteiger partial charge on any atom is 0.361 e. The van der Waals surface area contributed by atoms with E-state index in [0.717, 1.165) is 12.0 Å². The van der Waals surface area contributed by atoms with Crippen LogP contribution >= 0.6 is 11.6 Å². The Morgan fingerprint density at radius 3 is 2.60 bits per heavy atom. The molecule has 1 aromatic carbocycles. The second kappa shape index (κ2) is 6.52. The second-order valence-corrected chi connectivity index (χ2v) is 4.67. The number of rotatable bonds is 5. The zero-order chi connectivity index (χ0) is 14.5. The Morgan fingerprint density at radius 1 is 1.30 bits per heavy atom. The molecule has 0 atom stereocenters. The first-order valence-electron chi connectivity index (χ1n) is 6.53. The largest absolute Gasteiger partial charge is 0.461 e. The van der Waals surface area contributed by atoms with Crippen molar-refractivity contribution in [3.8, 4) is 11.3 Å². The molecule has 2 rings (SSSR count). The third-order valence-electron chi connectivity index (χ3n) is 2.76. The standard InChI is InChI=1S/C14H16ClN3O2/c1-3-9-18-13(10-5-7-11(15)8-6-10)12(16-17-18)14(19)20-4-2/h5-8H,3-4,9H2,1-2H3. The SMILES string of the molecule is CCCn1nnc(C(=O)OCC)c1-c1ccc(Cl)cc1. The molecule has 0 aliphatic rings. The van der Waals surface area contributed by atoms with Gasteiger partial charge in [0.25, 0.3) is 0 Å². The van der Waals surface area contributed by atoms with Gasteiger partial charge in [0.2, 0.25) is 0 Å². The summed E-state index contributed by atoms with van der Waals surface area (Å²) in [6.07, 6.45) is 0.895. The molecule has 0 aliphatic carbocycles. The smallest absolute Gasteiger partial charge is 0.361 e. The summed E-state index contributed by atoms with van der Waals surface area (Å²) >= 11 is 5.90. The molecule has 0 amide bonds. The molecule has 0 unspecified atom stereocenters. The van der Waals surface area contributed by atoms with Crippen LogP contribution in [-0.2, 0) is 11.3 Å². The van der Waals surface area contributed by atoms with Gasteiger partial charge in [-0.05, 0) is 25.5 Å². The Kier molecular flexibility index (Phi) is 4.74. The molecular formula is C14H16ClN3O2. The minimum absolute atomic E-state index is 0.239. The molecule has 0 saturated carbocycles. The summed E-state index contributed by atoms with van der Waals surface area (Å²) in [6.45, 7) is 4.79. The van der Waals surface area contributed by atoms with Crippen molar-refractivity contribution in [2.45, 2.75) is 26.8 Å². The van der Waals surface area contributed by atoms with Gasteiger partial charge in [0.15, 0.2) is 5.69 Å². The first-order chi connectivity index (χ1) is 9.67. The van der Waals surface area contributed by atoms with Crippen LogP contribution < -0.4 is 0 Å². The van der Waals surface area contributed by atoms with Crippen LogP contribution in [0.2, 0.25) is 5.02 Å². The third-order valence-corrected chi connectivity index (χ3v) is 3.01. The Balaban J connectivity index is 2.49. The predicted molar refractivity (Wildman–Crippen MR) is 76.7 cm³/mol. The summed E-state index contributed by atoms with van der Waals surface area (Å²) < 4.78 is 6.74. The lowest BCUT2D eigenvalue weighted by Gasteiger charge is -2.07. The van der Waals surface area contributed by atoms with Gasteiger partial charge in [0.05, 0.1) is 6.61 Å². The molecule has 5 nitrogen and oxygen atoms in total. The van der Waals surface area contributed by atoms with E-state index in [9.17, 15) is 4.79 Å². The van der Waals surface area contributed by atoms with Crippen molar-refractivity contribution in [2.24, 2.45) is 0 Å². The molecule has 0 saturated heterocycles. The van der Waals surface area contributed by atoms with Gasteiger partial charge in [0.1, 0.15) is 5.69 Å². The Morgan fingerprint density at radius 2 is 2.00 bits per heavy atom. The van der Waals surface area contributed by atoms with Gasteiger partial charge in [-0.25, -0.2) is 9.48 Å². The molecule has 6 heteroatoms. The van der Waals surface area contributed by atoms with E-state index >= 15 is 0 Å². The van der Waals surface area contributed by atoms with E-state index in [2.05, 4.69) is 10.3 Å². The summed E-state index contributed by atoms with van der Waals surface area (Å²) in [5, 5.41) is 8.64. The fraction of sp³-hybridized carbons (Fsp3) is 0.357. The van der Waals surface area contributed by atoms with E-state index in [1.807, 2.05) is 19.1 Å². The molecule has 0 aliphatic heterocycles. The van der Waals surface area contributed by atoms with Crippen molar-refractivity contribution < 1.29 is 9.53 Å². The first kappa shape index (κ1) is 14.5. The number of carbonyl (C=O) groups excluding carboxylic acids is 1. The Hall–Kier alpha value is -1.88. The lowest BCUT2D eigenvalue weighted by Crippen LogP contribution is -2.08. The molecule has 0 spiro atoms. The molecule has 0 N–H and O–H groups in total. The molecule has 2 aromatic rings. The topological polar surface area (TPSA) is 57.0 Å². The highest BCUT2D eigenvalue weighted by molar-refractivity contribution is 6.30. The van der Waals surface area contributed by atoms with Gasteiger partial charge in [-0.1, -0.05) is 35.9 Å². The fourth-order valence-electron chi connectivity index (χ4n) is 1.91. The van der Waals surface area contributed by atoms with Crippen LogP contribution in [0.3, 0.4) is 0 Å². The van der Waals surface area contributed by atoms with Crippen LogP contribution in [0.25, 0.3) is 11.3 Å². The molecular weight excluding hydrogens is 278 g/mol. The van der Waals surface area contributed by atoms with Crippen molar-refractivity contribution in [1.82, 2.24) is 15.0 Å². The number of benzene rings is 1. The van der Waals surface area contributed by atoms with Gasteiger partial charge in [-0.3, -0.25) is 0 Å². The molecule has 106 valence electrons. The Labute approximate surface area is 122 Å². The number of halogens is 1. The quantitative estimate of drug-likeness (QED) is 0.795. The number of aryl methyl sites for hydroxylation is 1. The highest BCUT2D eigenvalue weighted by atomic mass is 35.5. The van der Waals surface area contributed by atoms with Gasteiger partial charge < -0.3 is 4.74 Å². The van der Waals surface area contributed by atoms with Crippen molar-refractivity contribution >= 4 is 17.6 Å². The number of nitrogens with zero attached hydrogens (tertiary/aromatic N) is 3. The first-order valence-corrected chi connectivity index (χ1v) is 6.91. The molecule has 0 radical (unpaired) electrons. The van der Waals surface area contributed by atoms with Crippen molar-refractivity contribution in [3.63, 3.8) is 0 Å². The van der Waals surface area contributed by atoms with Crippen LogP contribution in [0.5, 0.6) is 0 Å². The van der Waals surface area contributed by atoms with Gasteiger partial charge >= 0.3 is 5.97 Å². The van der Waals surface area contributed by atoms with E-state index in [1.165, 1.54) is 0 Å². The summed E-state index contributed by atoms with van der Waals surface area (Å²) in [5.74, 6) is -0.459. The van der Waals surface area contributed by atoms with Gasteiger partial charge in [-0.2, -0.15) is 0 Å². The number of hydrogen-bond donors (Lipinski definition) is 0. The van der Waals surface area contributed by atoms with E-state index < -0.39 is 5.97 Å². The number of aromatic nitrogens is 3. The highest BCUT2D eigenvalue weighted by Crippen LogP contribution is 2.24. The summed E-state index contributed by atoms with van der Waals surface area (Å²) in [7, 11) is 0. The van der Waals surface area contributed by atoms with Crippen molar-refractivity contribution in [1.29, 1.82) is 0 Å². The predicted octanol–water partition coefficient (Wildman–Crippen LogP) is 3.19. The van der Waals surface area contributed by atoms with Gasteiger partial charge in [0, 0.05) is 17.1 Å². The van der Waals surface area contributed by atoms with Crippen LogP contribution in [-0.4, -0.2) is 27.6 Å². The fourth-order valence-corrected chi connectivity index (χ4v) is 2.04. The zero-order valence-electron chi connectivity index (χ0n) is 11.5. The van der Waals surface area contributed by atoms with Crippen LogP contribution in [0.4, 0.5) is 0 Å². The second-order valence-electron chi connectivity index (χ2n) is 4.24. The minimum atomic E-state index is -0.459. The third kappa shape index (κ3) is 2.99. The summed E-state index contributed by atoms with van der Waals surface area (Å²) in [6, 6.07) is 7.23. The zero-order valence-corrected chi connectivity index (χ0v) is 12.2. The highest BCUT2D eigenvalue weighted by Gasteiger charge is 2.21. The average molecular weight is 294 g/mol. The van der Waals surface area contributed by atoms with Crippen LogP contribution in [0.15, 0.2) is 24.3 Å². The molecule has 20 heavy (non-hydrogen) atoms. The van der Waals surface area contributed by atoms with Crippen LogP contribution in [0, 0.1) is 0 Å². The number of hydrogen-bond acceptors (Lipinski definition) is 4. The normalized spacial score (nSPS) is 10.6. The maximum atomic E-state index is 12.0. The van der Waals surface area contributed by atoms with E-state index in [1.54, 1.807) is 23.7 Å². The maximum absolute atomic E-state index is 12.0. The van der Waals surface area contributed by atoms with E-state index in [0.29, 0.717) is 23.9 Å². The lowest BCUT2D eigenvalue weighted by molar-refractivity contribution is 0.0520. The molecule has 0 fully saturated rings. The Bertz CT molecular complexity index is 593. The number of esters is 1. The number of ether oxygens (including phenoxy) is 1. The van der Waals surface area contributed by atoms with Gasteiger partial charge in [-0.15, -0.1) is 5.10 Å². The van der Waals surface area contributed by atoms with E-state index in [-0.39, 0.29) is 5.69 Å². The number of carbonyl (C=O) groups is 1. The average Bonchev–Trinajstić information content (AvgIpc) is 2.84. The summed E-state index contributed by atoms with van der Waals surface area (Å²) in [5.41, 5.74) is 1.75.